The lowest BCUT2D eigenvalue weighted by Gasteiger charge is -2.45. The summed E-state index contributed by atoms with van der Waals surface area (Å²) < 4.78 is 7.82. The van der Waals surface area contributed by atoms with Gasteiger partial charge in [-0.25, -0.2) is 0 Å². The monoisotopic (exact) mass is 320 g/mol. The van der Waals surface area contributed by atoms with Crippen LogP contribution in [0.5, 0.6) is 0 Å². The summed E-state index contributed by atoms with van der Waals surface area (Å²) in [5, 5.41) is 18.1. The van der Waals surface area contributed by atoms with E-state index in [-0.39, 0.29) is 21.9 Å². The molecule has 2 heterocycles. The van der Waals surface area contributed by atoms with Crippen molar-refractivity contribution in [3.8, 4) is 0 Å². The molecule has 8 heteroatoms. The summed E-state index contributed by atoms with van der Waals surface area (Å²) in [7, 11) is 1.86. The maximum Gasteiger partial charge on any atom is 0.269 e. The summed E-state index contributed by atoms with van der Waals surface area (Å²) >= 11 is 5.17. The lowest BCUT2D eigenvalue weighted by Crippen LogP contribution is -2.51. The molecule has 1 N–H and O–H groups in total. The number of ether oxygens (including phenoxy) is 1. The minimum absolute atomic E-state index is 0.0150. The van der Waals surface area contributed by atoms with Gasteiger partial charge in [-0.3, -0.25) is 15.2 Å². The maximum atomic E-state index is 11.0. The topological polar surface area (TPSA) is 86.0 Å². The molecule has 1 aliphatic rings. The van der Waals surface area contributed by atoms with Crippen LogP contribution >= 0.6 is 12.2 Å². The van der Waals surface area contributed by atoms with Gasteiger partial charge in [0, 0.05) is 25.1 Å². The van der Waals surface area contributed by atoms with E-state index in [0.717, 1.165) is 11.4 Å². The largest absolute Gasteiger partial charge is 0.379 e. The van der Waals surface area contributed by atoms with Gasteiger partial charge in [-0.2, -0.15) is 5.10 Å². The Hall–Kier alpha value is -2.06. The highest BCUT2D eigenvalue weighted by Crippen LogP contribution is 2.44. The third kappa shape index (κ3) is 2.15. The van der Waals surface area contributed by atoms with E-state index in [4.69, 9.17) is 17.0 Å². The number of rotatable bonds is 4. The van der Waals surface area contributed by atoms with Crippen molar-refractivity contribution in [1.29, 1.82) is 0 Å². The highest BCUT2D eigenvalue weighted by molar-refractivity contribution is 7.71. The fourth-order valence-electron chi connectivity index (χ4n) is 2.91. The van der Waals surface area contributed by atoms with E-state index < -0.39 is 0 Å². The number of benzene rings is 1. The number of H-pyrrole nitrogens is 1. The first kappa shape index (κ1) is 14.9. The maximum absolute atomic E-state index is 11.0. The molecule has 2 aromatic rings. The molecule has 3 rings (SSSR count). The molecular weight excluding hydrogens is 304 g/mol. The van der Waals surface area contributed by atoms with E-state index in [1.807, 2.05) is 24.6 Å². The van der Waals surface area contributed by atoms with Crippen LogP contribution in [0.15, 0.2) is 24.3 Å². The van der Waals surface area contributed by atoms with Crippen molar-refractivity contribution in [2.75, 3.05) is 13.2 Å². The molecular formula is C14H16N4O3S. The normalized spacial score (nSPS) is 17.7. The minimum Gasteiger partial charge on any atom is -0.379 e. The van der Waals surface area contributed by atoms with Crippen molar-refractivity contribution < 1.29 is 9.66 Å². The average molecular weight is 320 g/mol. The molecule has 0 saturated carbocycles. The van der Waals surface area contributed by atoms with Gasteiger partial charge in [0.2, 0.25) is 0 Å². The number of aromatic nitrogens is 3. The van der Waals surface area contributed by atoms with Gasteiger partial charge in [-0.1, -0.05) is 19.1 Å². The molecule has 1 saturated heterocycles. The summed E-state index contributed by atoms with van der Waals surface area (Å²) in [5.41, 5.74) is 0.668. The number of hydrogen-bond donors (Lipinski definition) is 1. The van der Waals surface area contributed by atoms with Gasteiger partial charge >= 0.3 is 0 Å². The van der Waals surface area contributed by atoms with Crippen LogP contribution in [0.1, 0.15) is 24.2 Å². The third-order valence-corrected chi connectivity index (χ3v) is 4.85. The molecule has 22 heavy (non-hydrogen) atoms. The van der Waals surface area contributed by atoms with Crippen LogP contribution < -0.4 is 0 Å². The zero-order valence-electron chi connectivity index (χ0n) is 12.3. The number of nitro benzene ring substituents is 1. The SMILES string of the molecule is CC(c1n[nH]c(=S)n1C)C1(c2cccc([N+](=O)[O-])c2)COC1. The fraction of sp³-hybridized carbons (Fsp3) is 0.429. The lowest BCUT2D eigenvalue weighted by molar-refractivity contribution is -0.385. The molecule has 0 radical (unpaired) electrons. The summed E-state index contributed by atoms with van der Waals surface area (Å²) in [5.74, 6) is 0.834. The van der Waals surface area contributed by atoms with E-state index in [9.17, 15) is 10.1 Å². The molecule has 1 aromatic heterocycles. The number of aromatic amines is 1. The van der Waals surface area contributed by atoms with Crippen LogP contribution in [-0.2, 0) is 17.2 Å². The highest BCUT2D eigenvalue weighted by atomic mass is 32.1. The number of nitrogens with one attached hydrogen (secondary N) is 1. The predicted octanol–water partition coefficient (Wildman–Crippen LogP) is 2.46. The van der Waals surface area contributed by atoms with E-state index in [2.05, 4.69) is 10.2 Å². The molecule has 0 bridgehead atoms. The Morgan fingerprint density at radius 2 is 2.27 bits per heavy atom. The smallest absolute Gasteiger partial charge is 0.269 e. The van der Waals surface area contributed by atoms with Crippen LogP contribution in [0, 0.1) is 14.9 Å². The van der Waals surface area contributed by atoms with Crippen LogP contribution in [0.4, 0.5) is 5.69 Å². The lowest BCUT2D eigenvalue weighted by atomic mass is 9.69. The molecule has 1 unspecified atom stereocenters. The second-order valence-corrected chi connectivity index (χ2v) is 6.01. The first-order valence-corrected chi connectivity index (χ1v) is 7.30. The average Bonchev–Trinajstić information content (AvgIpc) is 2.78. The van der Waals surface area contributed by atoms with Gasteiger partial charge < -0.3 is 9.30 Å². The summed E-state index contributed by atoms with van der Waals surface area (Å²) in [6, 6.07) is 6.74. The zero-order chi connectivity index (χ0) is 15.9. The Kier molecular flexibility index (Phi) is 3.57. The van der Waals surface area contributed by atoms with E-state index in [1.54, 1.807) is 12.1 Å². The van der Waals surface area contributed by atoms with Crippen LogP contribution in [0.2, 0.25) is 0 Å². The van der Waals surface area contributed by atoms with Gasteiger partial charge in [0.15, 0.2) is 4.77 Å². The van der Waals surface area contributed by atoms with Gasteiger partial charge in [0.1, 0.15) is 5.82 Å². The number of non-ortho nitro benzene ring substituents is 1. The first-order chi connectivity index (χ1) is 10.5. The van der Waals surface area contributed by atoms with Gasteiger partial charge in [0.05, 0.1) is 23.6 Å². The Morgan fingerprint density at radius 1 is 1.55 bits per heavy atom. The van der Waals surface area contributed by atoms with Crippen molar-refractivity contribution in [2.45, 2.75) is 18.3 Å². The quantitative estimate of drug-likeness (QED) is 0.531. The summed E-state index contributed by atoms with van der Waals surface area (Å²) in [4.78, 5) is 10.6. The Balaban J connectivity index is 2.05. The molecule has 116 valence electrons. The summed E-state index contributed by atoms with van der Waals surface area (Å²) in [6.07, 6.45) is 0. The summed E-state index contributed by atoms with van der Waals surface area (Å²) in [6.45, 7) is 3.07. The molecule has 1 aromatic carbocycles. The van der Waals surface area contributed by atoms with Crippen LogP contribution in [0.3, 0.4) is 0 Å². The van der Waals surface area contributed by atoms with Crippen molar-refractivity contribution in [2.24, 2.45) is 7.05 Å². The number of nitro groups is 1. The van der Waals surface area contributed by atoms with Gasteiger partial charge in [-0.15, -0.1) is 0 Å². The second-order valence-electron chi connectivity index (χ2n) is 5.62. The predicted molar refractivity (Wildman–Crippen MR) is 82.4 cm³/mol. The number of hydrogen-bond acceptors (Lipinski definition) is 5. The molecule has 1 atom stereocenters. The zero-order valence-corrected chi connectivity index (χ0v) is 13.1. The van der Waals surface area contributed by atoms with Gasteiger partial charge in [0.25, 0.3) is 5.69 Å². The highest BCUT2D eigenvalue weighted by Gasteiger charge is 2.47. The standard InChI is InChI=1S/C14H16N4O3S/c1-9(12-15-16-13(22)17(12)2)14(7-21-8-14)10-4-3-5-11(6-10)18(19)20/h3-6,9H,7-8H2,1-2H3,(H,16,22). The second kappa shape index (κ2) is 5.29. The van der Waals surface area contributed by atoms with Crippen molar-refractivity contribution in [3.05, 3.63) is 50.5 Å². The van der Waals surface area contributed by atoms with Crippen molar-refractivity contribution in [3.63, 3.8) is 0 Å². The Labute approximate surface area is 132 Å². The Morgan fingerprint density at radius 3 is 2.77 bits per heavy atom. The van der Waals surface area contributed by atoms with Gasteiger partial charge in [-0.05, 0) is 17.8 Å². The number of nitrogens with zero attached hydrogens (tertiary/aromatic N) is 3. The van der Waals surface area contributed by atoms with Crippen molar-refractivity contribution in [1.82, 2.24) is 14.8 Å². The van der Waals surface area contributed by atoms with E-state index >= 15 is 0 Å². The molecule has 7 nitrogen and oxygen atoms in total. The molecule has 0 amide bonds. The van der Waals surface area contributed by atoms with E-state index in [1.165, 1.54) is 6.07 Å². The molecule has 1 fully saturated rings. The Bertz CT molecular complexity index is 778. The molecule has 0 aliphatic carbocycles. The first-order valence-electron chi connectivity index (χ1n) is 6.90. The molecule has 0 spiro atoms. The van der Waals surface area contributed by atoms with Crippen LogP contribution in [0.25, 0.3) is 0 Å². The molecule has 1 aliphatic heterocycles. The third-order valence-electron chi connectivity index (χ3n) is 4.48. The van der Waals surface area contributed by atoms with Crippen LogP contribution in [-0.4, -0.2) is 32.9 Å². The van der Waals surface area contributed by atoms with Crippen molar-refractivity contribution >= 4 is 17.9 Å². The fourth-order valence-corrected chi connectivity index (χ4v) is 3.05. The minimum atomic E-state index is -0.378. The van der Waals surface area contributed by atoms with E-state index in [0.29, 0.717) is 18.0 Å².